The maximum atomic E-state index is 10.2. The second-order valence-electron chi connectivity index (χ2n) is 6.44. The van der Waals surface area contributed by atoms with Crippen LogP contribution in [0.1, 0.15) is 0 Å². The Balaban J connectivity index is 1.40. The summed E-state index contributed by atoms with van der Waals surface area (Å²) in [5, 5.41) is 19.5. The highest BCUT2D eigenvalue weighted by molar-refractivity contribution is 5.49. The first-order valence-electron chi connectivity index (χ1n) is 8.85. The predicted molar refractivity (Wildman–Crippen MR) is 101 cm³/mol. The summed E-state index contributed by atoms with van der Waals surface area (Å²) in [5.74, 6) is 1.71. The Kier molecular flexibility index (Phi) is 6.20. The smallest absolute Gasteiger partial charge is 0.119 e. The quantitative estimate of drug-likeness (QED) is 0.789. The minimum absolute atomic E-state index is 0.202. The van der Waals surface area contributed by atoms with E-state index in [0.29, 0.717) is 12.3 Å². The highest BCUT2D eigenvalue weighted by Crippen LogP contribution is 2.20. The molecule has 6 heteroatoms. The minimum atomic E-state index is -0.545. The number of hydrogen-bond acceptors (Lipinski definition) is 6. The van der Waals surface area contributed by atoms with Gasteiger partial charge in [0.2, 0.25) is 0 Å². The lowest BCUT2D eigenvalue weighted by atomic mass is 10.2. The molecule has 0 aromatic heterocycles. The number of rotatable bonds is 7. The lowest BCUT2D eigenvalue weighted by Crippen LogP contribution is -2.49. The SMILES string of the molecule is COc1ccc(N2CCN(CC(O)COc3ccc(O)cc3)CC2)cc1. The third kappa shape index (κ3) is 5.03. The van der Waals surface area contributed by atoms with Crippen LogP contribution in [-0.4, -0.2) is 67.7 Å². The van der Waals surface area contributed by atoms with Crippen LogP contribution in [0, 0.1) is 0 Å². The molecule has 0 spiro atoms. The third-order valence-corrected chi connectivity index (χ3v) is 4.56. The van der Waals surface area contributed by atoms with Crippen LogP contribution in [-0.2, 0) is 0 Å². The summed E-state index contributed by atoms with van der Waals surface area (Å²) in [4.78, 5) is 4.60. The molecule has 3 rings (SSSR count). The van der Waals surface area contributed by atoms with Crippen molar-refractivity contribution in [1.29, 1.82) is 0 Å². The molecule has 2 aromatic carbocycles. The van der Waals surface area contributed by atoms with Crippen molar-refractivity contribution in [1.82, 2.24) is 4.90 Å². The number of phenolic OH excluding ortho intramolecular Hbond substituents is 1. The number of aliphatic hydroxyl groups excluding tert-OH is 1. The fourth-order valence-corrected chi connectivity index (χ4v) is 3.07. The number of ether oxygens (including phenoxy) is 2. The molecule has 1 unspecified atom stereocenters. The first kappa shape index (κ1) is 18.4. The summed E-state index contributed by atoms with van der Waals surface area (Å²) in [6.07, 6.45) is -0.545. The minimum Gasteiger partial charge on any atom is -0.508 e. The van der Waals surface area contributed by atoms with Crippen molar-refractivity contribution in [2.24, 2.45) is 0 Å². The Hall–Kier alpha value is -2.44. The van der Waals surface area contributed by atoms with Crippen LogP contribution in [0.2, 0.25) is 0 Å². The van der Waals surface area contributed by atoms with Gasteiger partial charge in [-0.05, 0) is 48.5 Å². The number of anilines is 1. The Bertz CT molecular complexity index is 667. The maximum Gasteiger partial charge on any atom is 0.119 e. The largest absolute Gasteiger partial charge is 0.508 e. The van der Waals surface area contributed by atoms with Crippen LogP contribution in [0.25, 0.3) is 0 Å². The second kappa shape index (κ2) is 8.78. The Labute approximate surface area is 154 Å². The van der Waals surface area contributed by atoms with Crippen LogP contribution in [0.3, 0.4) is 0 Å². The normalized spacial score (nSPS) is 16.3. The molecule has 1 aliphatic rings. The molecule has 0 bridgehead atoms. The van der Waals surface area contributed by atoms with E-state index in [0.717, 1.165) is 31.9 Å². The average molecular weight is 358 g/mol. The van der Waals surface area contributed by atoms with Crippen LogP contribution in [0.4, 0.5) is 5.69 Å². The van der Waals surface area contributed by atoms with Crippen molar-refractivity contribution in [2.75, 3.05) is 51.3 Å². The van der Waals surface area contributed by atoms with Gasteiger partial charge < -0.3 is 24.6 Å². The molecule has 1 atom stereocenters. The van der Waals surface area contributed by atoms with Crippen molar-refractivity contribution in [3.8, 4) is 17.2 Å². The average Bonchev–Trinajstić information content (AvgIpc) is 2.68. The molecule has 1 aliphatic heterocycles. The van der Waals surface area contributed by atoms with Gasteiger partial charge in [-0.3, -0.25) is 4.90 Å². The van der Waals surface area contributed by atoms with E-state index in [1.807, 2.05) is 12.1 Å². The van der Waals surface area contributed by atoms with Crippen LogP contribution in [0.5, 0.6) is 17.2 Å². The third-order valence-electron chi connectivity index (χ3n) is 4.56. The lowest BCUT2D eigenvalue weighted by Gasteiger charge is -2.36. The van der Waals surface area contributed by atoms with Gasteiger partial charge >= 0.3 is 0 Å². The molecule has 0 amide bonds. The number of phenols is 1. The van der Waals surface area contributed by atoms with Gasteiger partial charge in [0.15, 0.2) is 0 Å². The number of aliphatic hydroxyl groups is 1. The number of hydrogen-bond donors (Lipinski definition) is 2. The molecular weight excluding hydrogens is 332 g/mol. The molecule has 0 radical (unpaired) electrons. The molecule has 0 aliphatic carbocycles. The highest BCUT2D eigenvalue weighted by atomic mass is 16.5. The van der Waals surface area contributed by atoms with E-state index in [9.17, 15) is 10.2 Å². The standard InChI is InChI=1S/C20H26N2O4/c1-25-19-6-2-16(3-7-19)22-12-10-21(11-13-22)14-18(24)15-26-20-8-4-17(23)5-9-20/h2-9,18,23-24H,10-15H2,1H3. The Morgan fingerprint density at radius 3 is 2.15 bits per heavy atom. The number of methoxy groups -OCH3 is 1. The van der Waals surface area contributed by atoms with E-state index in [1.165, 1.54) is 5.69 Å². The van der Waals surface area contributed by atoms with Crippen LogP contribution >= 0.6 is 0 Å². The summed E-state index contributed by atoms with van der Waals surface area (Å²) in [6.45, 7) is 4.50. The van der Waals surface area contributed by atoms with Crippen LogP contribution < -0.4 is 14.4 Å². The summed E-state index contributed by atoms with van der Waals surface area (Å²) in [5.41, 5.74) is 1.20. The number of benzene rings is 2. The Morgan fingerprint density at radius 2 is 1.54 bits per heavy atom. The van der Waals surface area contributed by atoms with E-state index < -0.39 is 6.10 Å². The summed E-state index contributed by atoms with van der Waals surface area (Å²) < 4.78 is 10.8. The molecule has 2 N–H and O–H groups in total. The summed E-state index contributed by atoms with van der Waals surface area (Å²) >= 11 is 0. The van der Waals surface area contributed by atoms with Gasteiger partial charge in [-0.25, -0.2) is 0 Å². The van der Waals surface area contributed by atoms with Gasteiger partial charge in [0, 0.05) is 38.4 Å². The number of nitrogens with zero attached hydrogens (tertiary/aromatic N) is 2. The van der Waals surface area contributed by atoms with Gasteiger partial charge in [-0.2, -0.15) is 0 Å². The van der Waals surface area contributed by atoms with Crippen molar-refractivity contribution < 1.29 is 19.7 Å². The molecule has 26 heavy (non-hydrogen) atoms. The van der Waals surface area contributed by atoms with E-state index in [2.05, 4.69) is 21.9 Å². The first-order valence-corrected chi connectivity index (χ1v) is 8.85. The zero-order valence-corrected chi connectivity index (χ0v) is 15.0. The van der Waals surface area contributed by atoms with Crippen molar-refractivity contribution >= 4 is 5.69 Å². The number of aromatic hydroxyl groups is 1. The molecule has 2 aromatic rings. The van der Waals surface area contributed by atoms with Gasteiger partial charge in [-0.15, -0.1) is 0 Å². The fourth-order valence-electron chi connectivity index (χ4n) is 3.07. The second-order valence-corrected chi connectivity index (χ2v) is 6.44. The zero-order chi connectivity index (χ0) is 18.4. The molecular formula is C20H26N2O4. The molecule has 140 valence electrons. The molecule has 1 fully saturated rings. The van der Waals surface area contributed by atoms with Crippen LogP contribution in [0.15, 0.2) is 48.5 Å². The van der Waals surface area contributed by atoms with Gasteiger partial charge in [-0.1, -0.05) is 0 Å². The fraction of sp³-hybridized carbons (Fsp3) is 0.400. The van der Waals surface area contributed by atoms with Gasteiger partial charge in [0.25, 0.3) is 0 Å². The van der Waals surface area contributed by atoms with Gasteiger partial charge in [0.05, 0.1) is 7.11 Å². The molecule has 1 saturated heterocycles. The number of piperazine rings is 1. The van der Waals surface area contributed by atoms with Gasteiger partial charge in [0.1, 0.15) is 30.0 Å². The van der Waals surface area contributed by atoms with Crippen molar-refractivity contribution in [3.63, 3.8) is 0 Å². The molecule has 6 nitrogen and oxygen atoms in total. The maximum absolute atomic E-state index is 10.2. The van der Waals surface area contributed by atoms with E-state index in [4.69, 9.17) is 9.47 Å². The highest BCUT2D eigenvalue weighted by Gasteiger charge is 2.19. The van der Waals surface area contributed by atoms with E-state index in [-0.39, 0.29) is 12.4 Å². The molecule has 0 saturated carbocycles. The van der Waals surface area contributed by atoms with Crippen molar-refractivity contribution in [2.45, 2.75) is 6.10 Å². The monoisotopic (exact) mass is 358 g/mol. The van der Waals surface area contributed by atoms with E-state index >= 15 is 0 Å². The molecule has 1 heterocycles. The van der Waals surface area contributed by atoms with Crippen molar-refractivity contribution in [3.05, 3.63) is 48.5 Å². The first-order chi connectivity index (χ1) is 12.6. The van der Waals surface area contributed by atoms with E-state index in [1.54, 1.807) is 31.4 Å². The topological polar surface area (TPSA) is 65.4 Å². The predicted octanol–water partition coefficient (Wildman–Crippen LogP) is 1.96. The zero-order valence-electron chi connectivity index (χ0n) is 15.0. The summed E-state index contributed by atoms with van der Waals surface area (Å²) in [6, 6.07) is 14.6. The summed E-state index contributed by atoms with van der Waals surface area (Å²) in [7, 11) is 1.67. The lowest BCUT2D eigenvalue weighted by molar-refractivity contribution is 0.0663. The Morgan fingerprint density at radius 1 is 0.923 bits per heavy atom. The number of β-amino-alcohol motifs (C(OH)–C–C–N with tert-alkyl or cyclic N) is 1.